The van der Waals surface area contributed by atoms with Gasteiger partial charge in [-0.25, -0.2) is 0 Å². The van der Waals surface area contributed by atoms with Crippen LogP contribution in [0.2, 0.25) is 0 Å². The first kappa shape index (κ1) is 8.68. The molecule has 3 rings (SSSR count). The van der Waals surface area contributed by atoms with E-state index in [9.17, 15) is 4.79 Å². The molecule has 0 aromatic rings. The summed E-state index contributed by atoms with van der Waals surface area (Å²) in [6, 6.07) is 0.655. The molecule has 1 aliphatic carbocycles. The molecule has 0 amide bonds. The van der Waals surface area contributed by atoms with Gasteiger partial charge in [-0.05, 0) is 18.3 Å². The van der Waals surface area contributed by atoms with Crippen molar-refractivity contribution in [2.24, 2.45) is 11.8 Å². The molecule has 4 nitrogen and oxygen atoms in total. The maximum Gasteiger partial charge on any atom is 0.317 e. The van der Waals surface area contributed by atoms with Gasteiger partial charge in [0, 0.05) is 32.2 Å². The number of carboxylic acid groups (broad SMARTS) is 1. The number of hydrogen-bond acceptors (Lipinski definition) is 3. The summed E-state index contributed by atoms with van der Waals surface area (Å²) < 4.78 is 0. The fourth-order valence-corrected chi connectivity index (χ4v) is 2.83. The predicted octanol–water partition coefficient (Wildman–Crippen LogP) is -0.293. The van der Waals surface area contributed by atoms with E-state index in [-0.39, 0.29) is 6.54 Å². The Morgan fingerprint density at radius 3 is 2.43 bits per heavy atom. The van der Waals surface area contributed by atoms with Crippen molar-refractivity contribution in [3.05, 3.63) is 0 Å². The topological polar surface area (TPSA) is 43.8 Å². The lowest BCUT2D eigenvalue weighted by Crippen LogP contribution is -2.60. The minimum absolute atomic E-state index is 0.219. The third-order valence-corrected chi connectivity index (χ3v) is 3.82. The predicted molar refractivity (Wildman–Crippen MR) is 51.0 cm³/mol. The number of nitrogens with zero attached hydrogens (tertiary/aromatic N) is 2. The van der Waals surface area contributed by atoms with Crippen molar-refractivity contribution < 1.29 is 9.90 Å². The zero-order chi connectivity index (χ0) is 9.71. The van der Waals surface area contributed by atoms with Gasteiger partial charge < -0.3 is 5.11 Å². The minimum atomic E-state index is -0.701. The zero-order valence-corrected chi connectivity index (χ0v) is 8.22. The maximum atomic E-state index is 10.4. The molecule has 0 aromatic carbocycles. The molecule has 1 N–H and O–H groups in total. The number of likely N-dealkylation sites (tertiary alicyclic amines) is 2. The number of aliphatic carboxylic acids is 1. The van der Waals surface area contributed by atoms with Crippen LogP contribution in [0.15, 0.2) is 0 Å². The molecule has 2 aliphatic heterocycles. The minimum Gasteiger partial charge on any atom is -0.480 e. The van der Waals surface area contributed by atoms with Gasteiger partial charge in [0.1, 0.15) is 0 Å². The fraction of sp³-hybridized carbons (Fsp3) is 0.900. The van der Waals surface area contributed by atoms with Crippen LogP contribution in [-0.2, 0) is 4.79 Å². The van der Waals surface area contributed by atoms with Crippen molar-refractivity contribution in [3.8, 4) is 0 Å². The van der Waals surface area contributed by atoms with Crippen molar-refractivity contribution >= 4 is 5.97 Å². The summed E-state index contributed by atoms with van der Waals surface area (Å²) in [7, 11) is 0. The van der Waals surface area contributed by atoms with Gasteiger partial charge in [-0.1, -0.05) is 0 Å². The maximum absolute atomic E-state index is 10.4. The number of fused-ring (bicyclic) bond motifs is 1. The molecule has 3 fully saturated rings. The van der Waals surface area contributed by atoms with Gasteiger partial charge in [0.05, 0.1) is 6.54 Å². The van der Waals surface area contributed by atoms with Gasteiger partial charge in [0.2, 0.25) is 0 Å². The first-order valence-electron chi connectivity index (χ1n) is 5.40. The van der Waals surface area contributed by atoms with E-state index in [1.807, 2.05) is 4.90 Å². The summed E-state index contributed by atoms with van der Waals surface area (Å²) in [5, 5.41) is 8.59. The number of carbonyl (C=O) groups is 1. The second-order valence-corrected chi connectivity index (χ2v) is 4.95. The molecule has 0 spiro atoms. The average Bonchev–Trinajstić information content (AvgIpc) is 2.65. The number of carboxylic acids is 1. The highest BCUT2D eigenvalue weighted by atomic mass is 16.4. The van der Waals surface area contributed by atoms with Crippen LogP contribution in [-0.4, -0.2) is 59.6 Å². The van der Waals surface area contributed by atoms with Gasteiger partial charge >= 0.3 is 5.97 Å². The van der Waals surface area contributed by atoms with Crippen molar-refractivity contribution in [3.63, 3.8) is 0 Å². The summed E-state index contributed by atoms with van der Waals surface area (Å²) in [6.45, 7) is 4.70. The zero-order valence-electron chi connectivity index (χ0n) is 8.22. The van der Waals surface area contributed by atoms with Gasteiger partial charge in [-0.3, -0.25) is 14.6 Å². The average molecular weight is 196 g/mol. The molecule has 0 aromatic heterocycles. The smallest absolute Gasteiger partial charge is 0.317 e. The van der Waals surface area contributed by atoms with Gasteiger partial charge in [0.25, 0.3) is 0 Å². The summed E-state index contributed by atoms with van der Waals surface area (Å²) in [5.74, 6) is 1.28. The SMILES string of the molecule is O=C(O)CN1CC(N2CC3CC3C2)C1. The molecular weight excluding hydrogens is 180 g/mol. The lowest BCUT2D eigenvalue weighted by molar-refractivity contribution is -0.140. The lowest BCUT2D eigenvalue weighted by atomic mass is 10.1. The van der Waals surface area contributed by atoms with E-state index < -0.39 is 5.97 Å². The molecule has 0 bridgehead atoms. The van der Waals surface area contributed by atoms with E-state index in [4.69, 9.17) is 5.11 Å². The van der Waals surface area contributed by atoms with Crippen LogP contribution >= 0.6 is 0 Å². The molecule has 1 saturated carbocycles. The Labute approximate surface area is 83.5 Å². The molecule has 0 radical (unpaired) electrons. The molecule has 2 atom stereocenters. The van der Waals surface area contributed by atoms with E-state index >= 15 is 0 Å². The second kappa shape index (κ2) is 2.94. The molecule has 2 saturated heterocycles. The lowest BCUT2D eigenvalue weighted by Gasteiger charge is -2.43. The van der Waals surface area contributed by atoms with E-state index in [1.165, 1.54) is 19.5 Å². The van der Waals surface area contributed by atoms with Crippen LogP contribution in [0, 0.1) is 11.8 Å². The summed E-state index contributed by atoms with van der Waals surface area (Å²) in [6.07, 6.45) is 1.45. The summed E-state index contributed by atoms with van der Waals surface area (Å²) in [5.41, 5.74) is 0. The molecule has 78 valence electrons. The normalized spacial score (nSPS) is 38.0. The molecular formula is C10H16N2O2. The third kappa shape index (κ3) is 1.42. The van der Waals surface area contributed by atoms with Crippen LogP contribution in [0.1, 0.15) is 6.42 Å². The van der Waals surface area contributed by atoms with Crippen LogP contribution in [0.3, 0.4) is 0 Å². The fourth-order valence-electron chi connectivity index (χ4n) is 2.83. The number of piperidine rings is 1. The summed E-state index contributed by atoms with van der Waals surface area (Å²) in [4.78, 5) is 15.0. The van der Waals surface area contributed by atoms with Crippen LogP contribution < -0.4 is 0 Å². The summed E-state index contributed by atoms with van der Waals surface area (Å²) >= 11 is 0. The Bertz CT molecular complexity index is 253. The Balaban J connectivity index is 1.43. The molecule has 14 heavy (non-hydrogen) atoms. The van der Waals surface area contributed by atoms with Crippen molar-refractivity contribution in [2.75, 3.05) is 32.7 Å². The molecule has 4 heteroatoms. The highest BCUT2D eigenvalue weighted by molar-refractivity contribution is 5.69. The largest absolute Gasteiger partial charge is 0.480 e. The van der Waals surface area contributed by atoms with E-state index in [0.29, 0.717) is 6.04 Å². The highest BCUT2D eigenvalue weighted by Gasteiger charge is 2.48. The van der Waals surface area contributed by atoms with Gasteiger partial charge in [0.15, 0.2) is 0 Å². The monoisotopic (exact) mass is 196 g/mol. The molecule has 3 aliphatic rings. The van der Waals surface area contributed by atoms with Crippen molar-refractivity contribution in [1.82, 2.24) is 9.80 Å². The Morgan fingerprint density at radius 2 is 1.86 bits per heavy atom. The van der Waals surface area contributed by atoms with E-state index in [1.54, 1.807) is 0 Å². The quantitative estimate of drug-likeness (QED) is 0.673. The van der Waals surface area contributed by atoms with Crippen LogP contribution in [0.25, 0.3) is 0 Å². The number of rotatable bonds is 3. The van der Waals surface area contributed by atoms with Crippen LogP contribution in [0.4, 0.5) is 0 Å². The standard InChI is InChI=1S/C10H16N2O2/c13-10(14)6-11-4-9(5-11)12-2-7-1-8(7)3-12/h7-9H,1-6H2,(H,13,14). The van der Waals surface area contributed by atoms with Crippen molar-refractivity contribution in [1.29, 1.82) is 0 Å². The first-order chi connectivity index (χ1) is 6.72. The number of hydrogen-bond donors (Lipinski definition) is 1. The van der Waals surface area contributed by atoms with E-state index in [2.05, 4.69) is 4.90 Å². The van der Waals surface area contributed by atoms with Gasteiger partial charge in [-0.15, -0.1) is 0 Å². The first-order valence-corrected chi connectivity index (χ1v) is 5.40. The van der Waals surface area contributed by atoms with Crippen molar-refractivity contribution in [2.45, 2.75) is 12.5 Å². The van der Waals surface area contributed by atoms with Gasteiger partial charge in [-0.2, -0.15) is 0 Å². The molecule has 2 heterocycles. The Morgan fingerprint density at radius 1 is 1.21 bits per heavy atom. The highest BCUT2D eigenvalue weighted by Crippen LogP contribution is 2.46. The van der Waals surface area contributed by atoms with Crippen LogP contribution in [0.5, 0.6) is 0 Å². The van der Waals surface area contributed by atoms with E-state index in [0.717, 1.165) is 24.9 Å². The molecule has 2 unspecified atom stereocenters. The Hall–Kier alpha value is -0.610. The second-order valence-electron chi connectivity index (χ2n) is 4.95. The third-order valence-electron chi connectivity index (χ3n) is 3.82. The Kier molecular flexibility index (Phi) is 1.82.